The van der Waals surface area contributed by atoms with Gasteiger partial charge in [0, 0.05) is 18.5 Å². The Morgan fingerprint density at radius 3 is 2.94 bits per heavy atom. The van der Waals surface area contributed by atoms with Crippen LogP contribution in [0.5, 0.6) is 0 Å². The molecule has 0 spiro atoms. The number of fused-ring (bicyclic) bond motifs is 2. The van der Waals surface area contributed by atoms with Crippen molar-refractivity contribution in [1.82, 2.24) is 25.0 Å². The van der Waals surface area contributed by atoms with Crippen LogP contribution in [0.4, 0.5) is 24.5 Å². The van der Waals surface area contributed by atoms with E-state index in [1.807, 2.05) is 6.07 Å². The smallest absolute Gasteiger partial charge is 0.354 e. The second kappa shape index (κ2) is 7.50. The first-order valence-electron chi connectivity index (χ1n) is 10.1. The topological polar surface area (TPSA) is 94.2 Å². The molecule has 2 aliphatic rings. The van der Waals surface area contributed by atoms with Gasteiger partial charge in [0.2, 0.25) is 5.91 Å². The van der Waals surface area contributed by atoms with Crippen LogP contribution in [-0.2, 0) is 11.3 Å². The van der Waals surface area contributed by atoms with E-state index in [0.29, 0.717) is 34.6 Å². The lowest BCUT2D eigenvalue weighted by atomic mass is 10.1. The molecule has 1 saturated heterocycles. The number of carbonyl (C=O) groups is 2. The van der Waals surface area contributed by atoms with E-state index in [0.717, 1.165) is 10.3 Å². The van der Waals surface area contributed by atoms with Gasteiger partial charge in [-0.05, 0) is 30.5 Å². The van der Waals surface area contributed by atoms with Crippen LogP contribution in [0, 0.1) is 0 Å². The summed E-state index contributed by atoms with van der Waals surface area (Å²) in [5, 5.41) is 10.7. The van der Waals surface area contributed by atoms with Gasteiger partial charge in [0.1, 0.15) is 12.6 Å². The molecule has 1 atom stereocenters. The fourth-order valence-electron chi connectivity index (χ4n) is 4.37. The fraction of sp³-hybridized carbons (Fsp3) is 0.333. The van der Waals surface area contributed by atoms with Crippen molar-refractivity contribution in [3.63, 3.8) is 0 Å². The maximum absolute atomic E-state index is 13.2. The van der Waals surface area contributed by atoms with E-state index in [4.69, 9.17) is 0 Å². The highest BCUT2D eigenvalue weighted by molar-refractivity contribution is 6.05. The molecule has 2 aliphatic heterocycles. The first-order chi connectivity index (χ1) is 15.3. The standard InChI is InChI=1S/C21H19F3N6O2/c22-21(23,24)16-5-2-6-30(16)17(31)11-29-10-12-3-1-4-15(18(12)20(29)32)27-14-7-13-8-26-28-19(13)25-9-14/h1,3-4,7-9,16,27H,2,5-6,10-11H2,(H,25,26,28). The molecule has 11 heteroatoms. The molecule has 0 aliphatic carbocycles. The predicted octanol–water partition coefficient (Wildman–Crippen LogP) is 3.21. The van der Waals surface area contributed by atoms with Crippen LogP contribution in [-0.4, -0.2) is 62.1 Å². The second-order valence-electron chi connectivity index (χ2n) is 7.94. The zero-order valence-electron chi connectivity index (χ0n) is 16.8. The fourth-order valence-corrected chi connectivity index (χ4v) is 4.37. The zero-order valence-corrected chi connectivity index (χ0v) is 16.8. The highest BCUT2D eigenvalue weighted by atomic mass is 19.4. The highest BCUT2D eigenvalue weighted by Gasteiger charge is 2.48. The lowest BCUT2D eigenvalue weighted by Gasteiger charge is -2.28. The summed E-state index contributed by atoms with van der Waals surface area (Å²) in [5.41, 5.74) is 2.94. The molecule has 1 fully saturated rings. The largest absolute Gasteiger partial charge is 0.408 e. The van der Waals surface area contributed by atoms with Crippen molar-refractivity contribution in [3.05, 3.63) is 47.8 Å². The van der Waals surface area contributed by atoms with Crippen LogP contribution in [0.25, 0.3) is 11.0 Å². The Morgan fingerprint density at radius 1 is 1.28 bits per heavy atom. The molecule has 2 amide bonds. The van der Waals surface area contributed by atoms with Gasteiger partial charge in [-0.3, -0.25) is 14.7 Å². The molecule has 166 valence electrons. The van der Waals surface area contributed by atoms with E-state index < -0.39 is 24.0 Å². The number of rotatable bonds is 4. The minimum Gasteiger partial charge on any atom is -0.354 e. The van der Waals surface area contributed by atoms with Gasteiger partial charge in [-0.15, -0.1) is 0 Å². The molecular weight excluding hydrogens is 425 g/mol. The summed E-state index contributed by atoms with van der Waals surface area (Å²) in [6.45, 7) is -0.171. The Bertz CT molecular complexity index is 1210. The number of hydrogen-bond acceptors (Lipinski definition) is 5. The van der Waals surface area contributed by atoms with E-state index in [-0.39, 0.29) is 26.1 Å². The number of aromatic amines is 1. The molecule has 1 unspecified atom stereocenters. The number of carbonyl (C=O) groups excluding carboxylic acids is 2. The van der Waals surface area contributed by atoms with Crippen LogP contribution >= 0.6 is 0 Å². The number of benzene rings is 1. The van der Waals surface area contributed by atoms with Crippen molar-refractivity contribution >= 4 is 34.2 Å². The summed E-state index contributed by atoms with van der Waals surface area (Å²) in [6, 6.07) is 5.34. The third kappa shape index (κ3) is 3.53. The van der Waals surface area contributed by atoms with Gasteiger partial charge in [0.25, 0.3) is 5.91 Å². The average molecular weight is 444 g/mol. The Kier molecular flexibility index (Phi) is 4.75. The number of alkyl halides is 3. The predicted molar refractivity (Wildman–Crippen MR) is 109 cm³/mol. The van der Waals surface area contributed by atoms with E-state index >= 15 is 0 Å². The Hall–Kier alpha value is -3.63. The van der Waals surface area contributed by atoms with Crippen LogP contribution in [0.2, 0.25) is 0 Å². The minimum atomic E-state index is -4.47. The Morgan fingerprint density at radius 2 is 2.12 bits per heavy atom. The van der Waals surface area contributed by atoms with Crippen LogP contribution in [0.15, 0.2) is 36.7 Å². The summed E-state index contributed by atoms with van der Waals surface area (Å²) in [4.78, 5) is 32.1. The summed E-state index contributed by atoms with van der Waals surface area (Å²) in [6.07, 6.45) is -1.04. The van der Waals surface area contributed by atoms with E-state index in [1.165, 1.54) is 4.90 Å². The van der Waals surface area contributed by atoms with Crippen LogP contribution < -0.4 is 5.32 Å². The number of hydrogen-bond donors (Lipinski definition) is 2. The quantitative estimate of drug-likeness (QED) is 0.645. The first-order valence-corrected chi connectivity index (χ1v) is 10.1. The number of aromatic nitrogens is 3. The van der Waals surface area contributed by atoms with E-state index in [1.54, 1.807) is 30.6 Å². The molecule has 1 aromatic carbocycles. The summed E-state index contributed by atoms with van der Waals surface area (Å²) in [5.74, 6) is -1.08. The van der Waals surface area contributed by atoms with Gasteiger partial charge in [-0.1, -0.05) is 12.1 Å². The molecule has 3 aromatic rings. The van der Waals surface area contributed by atoms with Gasteiger partial charge in [0.05, 0.1) is 29.3 Å². The summed E-state index contributed by atoms with van der Waals surface area (Å²) in [7, 11) is 0. The van der Waals surface area contributed by atoms with Crippen LogP contribution in [0.1, 0.15) is 28.8 Å². The maximum Gasteiger partial charge on any atom is 0.408 e. The molecule has 0 saturated carbocycles. The number of H-pyrrole nitrogens is 1. The maximum atomic E-state index is 13.2. The normalized spacial score (nSPS) is 18.5. The summed E-state index contributed by atoms with van der Waals surface area (Å²) < 4.78 is 39.7. The average Bonchev–Trinajstić information content (AvgIpc) is 3.47. The van der Waals surface area contributed by atoms with Gasteiger partial charge in [-0.2, -0.15) is 18.3 Å². The molecule has 32 heavy (non-hydrogen) atoms. The number of anilines is 2. The lowest BCUT2D eigenvalue weighted by molar-refractivity contribution is -0.182. The molecule has 2 N–H and O–H groups in total. The lowest BCUT2D eigenvalue weighted by Crippen LogP contribution is -2.48. The number of nitrogens with one attached hydrogen (secondary N) is 2. The molecule has 5 rings (SSSR count). The molecule has 0 radical (unpaired) electrons. The van der Waals surface area contributed by atoms with Gasteiger partial charge >= 0.3 is 6.18 Å². The monoisotopic (exact) mass is 444 g/mol. The van der Waals surface area contributed by atoms with Crippen molar-refractivity contribution < 1.29 is 22.8 Å². The first kappa shape index (κ1) is 20.3. The minimum absolute atomic E-state index is 0.0499. The van der Waals surface area contributed by atoms with Gasteiger partial charge in [0.15, 0.2) is 5.65 Å². The van der Waals surface area contributed by atoms with E-state index in [2.05, 4.69) is 20.5 Å². The third-order valence-electron chi connectivity index (χ3n) is 5.86. The molecule has 2 aromatic heterocycles. The SMILES string of the molecule is O=C1c2c(cccc2Nc2cnc3[nH]ncc3c2)CN1CC(=O)N1CCCC1C(F)(F)F. The molecular formula is C21H19F3N6O2. The number of halogens is 3. The van der Waals surface area contributed by atoms with Crippen molar-refractivity contribution in [1.29, 1.82) is 0 Å². The van der Waals surface area contributed by atoms with Crippen LogP contribution in [0.3, 0.4) is 0 Å². The Labute approximate surface area is 180 Å². The number of pyridine rings is 1. The summed E-state index contributed by atoms with van der Waals surface area (Å²) >= 11 is 0. The molecule has 4 heterocycles. The van der Waals surface area contributed by atoms with Crippen molar-refractivity contribution in [2.24, 2.45) is 0 Å². The van der Waals surface area contributed by atoms with Gasteiger partial charge in [-0.25, -0.2) is 4.98 Å². The molecule has 0 bridgehead atoms. The number of likely N-dealkylation sites (tertiary alicyclic amines) is 1. The second-order valence-corrected chi connectivity index (χ2v) is 7.94. The Balaban J connectivity index is 1.34. The molecule has 8 nitrogen and oxygen atoms in total. The number of amides is 2. The van der Waals surface area contributed by atoms with Crippen molar-refractivity contribution in [2.75, 3.05) is 18.4 Å². The van der Waals surface area contributed by atoms with Gasteiger partial charge < -0.3 is 15.1 Å². The van der Waals surface area contributed by atoms with Crippen molar-refractivity contribution in [3.8, 4) is 0 Å². The third-order valence-corrected chi connectivity index (χ3v) is 5.86. The number of nitrogens with zero attached hydrogens (tertiary/aromatic N) is 4. The van der Waals surface area contributed by atoms with Crippen molar-refractivity contribution in [2.45, 2.75) is 31.6 Å². The zero-order chi connectivity index (χ0) is 22.5. The van der Waals surface area contributed by atoms with E-state index in [9.17, 15) is 22.8 Å². The highest BCUT2D eigenvalue weighted by Crippen LogP contribution is 2.34.